The van der Waals surface area contributed by atoms with Crippen LogP contribution in [0.3, 0.4) is 0 Å². The summed E-state index contributed by atoms with van der Waals surface area (Å²) in [6, 6.07) is 2.55. The monoisotopic (exact) mass is 471 g/mol. The molecule has 4 fully saturated rings. The van der Waals surface area contributed by atoms with Crippen LogP contribution in [-0.4, -0.2) is 36.8 Å². The number of hydrogen-bond donors (Lipinski definition) is 2. The van der Waals surface area contributed by atoms with Crippen LogP contribution in [0.2, 0.25) is 0 Å². The fourth-order valence-corrected chi connectivity index (χ4v) is 5.60. The van der Waals surface area contributed by atoms with E-state index in [0.717, 1.165) is 10.9 Å². The Morgan fingerprint density at radius 1 is 1.34 bits per heavy atom. The van der Waals surface area contributed by atoms with Gasteiger partial charge in [0.1, 0.15) is 22.0 Å². The lowest BCUT2D eigenvalue weighted by molar-refractivity contribution is -0.221. The zero-order chi connectivity index (χ0) is 23.1. The molecule has 2 heterocycles. The second-order valence-corrected chi connectivity index (χ2v) is 11.5. The molecule has 0 aliphatic heterocycles. The molecule has 1 atom stereocenters. The van der Waals surface area contributed by atoms with Crippen LogP contribution in [0.25, 0.3) is 0 Å². The van der Waals surface area contributed by atoms with Gasteiger partial charge in [0.05, 0.1) is 15.4 Å². The molecule has 4 saturated carbocycles. The first-order valence-corrected chi connectivity index (χ1v) is 12.1. The molecule has 4 aliphatic rings. The third-order valence-corrected chi connectivity index (χ3v) is 7.42. The summed E-state index contributed by atoms with van der Waals surface area (Å²) in [6.45, 7) is 0.0499. The van der Waals surface area contributed by atoms with Crippen molar-refractivity contribution in [2.45, 2.75) is 61.4 Å². The second-order valence-electron chi connectivity index (χ2n) is 9.40. The number of rotatable bonds is 6. The Labute approximate surface area is 181 Å². The molecule has 0 unspecified atom stereocenters. The molecule has 2 bridgehead atoms. The van der Waals surface area contributed by atoms with Gasteiger partial charge in [-0.15, -0.1) is 0 Å². The Kier molecular flexibility index (Phi) is 4.35. The van der Waals surface area contributed by atoms with Crippen LogP contribution in [0.15, 0.2) is 23.4 Å². The van der Waals surface area contributed by atoms with E-state index < -0.39 is 44.2 Å². The van der Waals surface area contributed by atoms with Crippen molar-refractivity contribution in [3.05, 3.63) is 35.3 Å². The van der Waals surface area contributed by atoms with Crippen molar-refractivity contribution in [1.29, 1.82) is 4.78 Å². The van der Waals surface area contributed by atoms with Crippen molar-refractivity contribution < 1.29 is 26.6 Å². The average molecular weight is 471 g/mol. The van der Waals surface area contributed by atoms with Gasteiger partial charge in [-0.05, 0) is 49.7 Å². The Hall–Kier alpha value is -2.50. The Morgan fingerprint density at radius 3 is 2.53 bits per heavy atom. The maximum Gasteiger partial charge on any atom is 0.420 e. The molecule has 2 aromatic rings. The lowest BCUT2D eigenvalue weighted by Crippen LogP contribution is -2.65. The number of aromatic nitrogens is 3. The van der Waals surface area contributed by atoms with Crippen molar-refractivity contribution in [2.75, 3.05) is 11.6 Å². The molecule has 6 rings (SSSR count). The number of carbonyl (C=O) groups is 1. The van der Waals surface area contributed by atoms with E-state index in [1.807, 2.05) is 0 Å². The third kappa shape index (κ3) is 3.57. The lowest BCUT2D eigenvalue weighted by Gasteiger charge is -2.65. The van der Waals surface area contributed by atoms with E-state index in [1.54, 1.807) is 0 Å². The highest BCUT2D eigenvalue weighted by Crippen LogP contribution is 2.70. The van der Waals surface area contributed by atoms with Crippen LogP contribution in [0.1, 0.15) is 59.8 Å². The molecule has 7 nitrogen and oxygen atoms in total. The number of halogens is 4. The van der Waals surface area contributed by atoms with Crippen molar-refractivity contribution in [3.8, 4) is 0 Å². The summed E-state index contributed by atoms with van der Waals surface area (Å²) >= 11 is 0. The molecule has 0 aromatic carbocycles. The van der Waals surface area contributed by atoms with Crippen molar-refractivity contribution in [2.24, 2.45) is 5.41 Å². The van der Waals surface area contributed by atoms with Gasteiger partial charge in [0, 0.05) is 30.6 Å². The van der Waals surface area contributed by atoms with Gasteiger partial charge >= 0.3 is 6.18 Å². The standard InChI is InChI=1S/C20H21F4N5O2S/c1-32(25,31)13-6-12(4-5-26-13)27-17(30)16-14(20(22,23)24)15(11-2-3-11)28-29(16)10-18-7-19(21,8-18)9-18/h4-6,11,25H,2-3,7-10H2,1H3,(H,26,27,30)/t18?,19?,32-/m0/s1. The van der Waals surface area contributed by atoms with Crippen molar-refractivity contribution in [3.63, 3.8) is 0 Å². The number of hydrogen-bond acceptors (Lipinski definition) is 5. The van der Waals surface area contributed by atoms with Crippen LogP contribution >= 0.6 is 0 Å². The van der Waals surface area contributed by atoms with Crippen LogP contribution in [0.5, 0.6) is 0 Å². The van der Waals surface area contributed by atoms with Gasteiger partial charge in [0.15, 0.2) is 0 Å². The number of alkyl halides is 4. The number of nitrogens with zero attached hydrogens (tertiary/aromatic N) is 3. The zero-order valence-corrected chi connectivity index (χ0v) is 17.9. The van der Waals surface area contributed by atoms with Crippen LogP contribution < -0.4 is 5.32 Å². The summed E-state index contributed by atoms with van der Waals surface area (Å²) in [5, 5.41) is 6.52. The van der Waals surface area contributed by atoms with E-state index in [9.17, 15) is 26.6 Å². The summed E-state index contributed by atoms with van der Waals surface area (Å²) in [5.74, 6) is -1.36. The largest absolute Gasteiger partial charge is 0.420 e. The first kappa shape index (κ1) is 21.4. The first-order chi connectivity index (χ1) is 14.8. The van der Waals surface area contributed by atoms with Gasteiger partial charge < -0.3 is 5.32 Å². The van der Waals surface area contributed by atoms with E-state index in [1.165, 1.54) is 18.3 Å². The highest BCUT2D eigenvalue weighted by atomic mass is 32.2. The minimum Gasteiger partial charge on any atom is -0.320 e. The minimum absolute atomic E-state index is 0.0499. The molecule has 0 saturated heterocycles. The lowest BCUT2D eigenvalue weighted by atomic mass is 9.42. The van der Waals surface area contributed by atoms with Gasteiger partial charge in [-0.3, -0.25) is 9.48 Å². The molecule has 1 amide bonds. The van der Waals surface area contributed by atoms with Gasteiger partial charge in [-0.2, -0.15) is 18.3 Å². The van der Waals surface area contributed by atoms with Gasteiger partial charge in [0.2, 0.25) is 0 Å². The van der Waals surface area contributed by atoms with E-state index in [4.69, 9.17) is 4.78 Å². The van der Waals surface area contributed by atoms with E-state index in [-0.39, 0.29) is 48.1 Å². The molecule has 172 valence electrons. The minimum atomic E-state index is -4.79. The van der Waals surface area contributed by atoms with Gasteiger partial charge in [0.25, 0.3) is 5.91 Å². The molecule has 12 heteroatoms. The summed E-state index contributed by atoms with van der Waals surface area (Å²) in [7, 11) is -3.18. The highest BCUT2D eigenvalue weighted by Gasteiger charge is 2.69. The summed E-state index contributed by atoms with van der Waals surface area (Å²) in [4.78, 5) is 16.9. The Morgan fingerprint density at radius 2 is 2.00 bits per heavy atom. The SMILES string of the molecule is C[S@](=N)(=O)c1cc(NC(=O)c2c(C(F)(F)F)c(C3CC3)nn2CC23CC(F)(C2)C3)ccn1. The fourth-order valence-electron chi connectivity index (χ4n) is 4.98. The highest BCUT2D eigenvalue weighted by molar-refractivity contribution is 7.91. The first-order valence-electron chi connectivity index (χ1n) is 10.2. The number of pyridine rings is 1. The van der Waals surface area contributed by atoms with Crippen LogP contribution in [-0.2, 0) is 22.5 Å². The molecule has 2 aromatic heterocycles. The third-order valence-electron chi connectivity index (χ3n) is 6.39. The summed E-state index contributed by atoms with van der Waals surface area (Å²) < 4.78 is 76.8. The van der Waals surface area contributed by atoms with Crippen molar-refractivity contribution in [1.82, 2.24) is 14.8 Å². The van der Waals surface area contributed by atoms with Crippen molar-refractivity contribution >= 4 is 21.3 Å². The van der Waals surface area contributed by atoms with Crippen LogP contribution in [0, 0.1) is 10.2 Å². The molecule has 0 spiro atoms. The maximum absolute atomic E-state index is 14.1. The number of amides is 1. The number of nitrogens with one attached hydrogen (secondary N) is 2. The van der Waals surface area contributed by atoms with E-state index >= 15 is 0 Å². The molecule has 0 radical (unpaired) electrons. The quantitative estimate of drug-likeness (QED) is 0.612. The molecular formula is C20H21F4N5O2S. The normalized spacial score (nSPS) is 28.4. The maximum atomic E-state index is 14.1. The predicted octanol–water partition coefficient (Wildman–Crippen LogP) is 4.35. The number of anilines is 1. The smallest absolute Gasteiger partial charge is 0.320 e. The number of carbonyl (C=O) groups excluding carboxylic acids is 1. The summed E-state index contributed by atoms with van der Waals surface area (Å²) in [5.41, 5.74) is -3.39. The fraction of sp³-hybridized carbons (Fsp3) is 0.550. The Balaban J connectivity index is 1.53. The van der Waals surface area contributed by atoms with Crippen LogP contribution in [0.4, 0.5) is 23.2 Å². The topological polar surface area (TPSA) is 101 Å². The molecular weight excluding hydrogens is 450 g/mol. The molecule has 4 aliphatic carbocycles. The zero-order valence-electron chi connectivity index (χ0n) is 17.1. The molecule has 32 heavy (non-hydrogen) atoms. The Bertz CT molecular complexity index is 1210. The molecule has 2 N–H and O–H groups in total. The van der Waals surface area contributed by atoms with E-state index in [0.29, 0.717) is 12.8 Å². The average Bonchev–Trinajstić information content (AvgIpc) is 3.39. The summed E-state index contributed by atoms with van der Waals surface area (Å²) in [6.07, 6.45) is -0.463. The second kappa shape index (κ2) is 6.52. The van der Waals surface area contributed by atoms with E-state index in [2.05, 4.69) is 15.4 Å². The van der Waals surface area contributed by atoms with Gasteiger partial charge in [-0.25, -0.2) is 18.4 Å². The van der Waals surface area contributed by atoms with Gasteiger partial charge in [-0.1, -0.05) is 0 Å². The predicted molar refractivity (Wildman–Crippen MR) is 107 cm³/mol.